The molecule has 5 nitrogen and oxygen atoms in total. The minimum absolute atomic E-state index is 0.322. The highest BCUT2D eigenvalue weighted by Crippen LogP contribution is 2.33. The molecule has 0 fully saturated rings. The van der Waals surface area contributed by atoms with Crippen molar-refractivity contribution in [3.63, 3.8) is 0 Å². The highest BCUT2D eigenvalue weighted by molar-refractivity contribution is 5.76. The summed E-state index contributed by atoms with van der Waals surface area (Å²) >= 11 is 0. The number of ether oxygens (including phenoxy) is 2. The lowest BCUT2D eigenvalue weighted by Gasteiger charge is -2.08. The lowest BCUT2D eigenvalue weighted by molar-refractivity contribution is 0.149. The standard InChI is InChI=1S/C15H20N2O3/c1-4-19-8-7-12-14(15(16)20-17-12)11-6-5-10(2)13(9-11)18-3/h5-6,9H,4,7-8,16H2,1-3H3. The monoisotopic (exact) mass is 276 g/mol. The summed E-state index contributed by atoms with van der Waals surface area (Å²) in [5, 5.41) is 4.02. The first-order valence-corrected chi connectivity index (χ1v) is 6.64. The Labute approximate surface area is 118 Å². The predicted octanol–water partition coefficient (Wildman–Crippen LogP) is 2.82. The molecule has 2 N–H and O–H groups in total. The molecule has 5 heteroatoms. The fraction of sp³-hybridized carbons (Fsp3) is 0.400. The molecule has 0 amide bonds. The van der Waals surface area contributed by atoms with E-state index in [9.17, 15) is 0 Å². The first kappa shape index (κ1) is 14.4. The van der Waals surface area contributed by atoms with Gasteiger partial charge in [0.1, 0.15) is 5.75 Å². The van der Waals surface area contributed by atoms with Crippen LogP contribution < -0.4 is 10.5 Å². The number of aryl methyl sites for hydroxylation is 1. The van der Waals surface area contributed by atoms with Crippen LogP contribution in [-0.2, 0) is 11.2 Å². The van der Waals surface area contributed by atoms with Crippen LogP contribution in [0.3, 0.4) is 0 Å². The number of rotatable bonds is 6. The van der Waals surface area contributed by atoms with Crippen LogP contribution in [0, 0.1) is 6.92 Å². The van der Waals surface area contributed by atoms with Crippen molar-refractivity contribution in [3.8, 4) is 16.9 Å². The largest absolute Gasteiger partial charge is 0.496 e. The summed E-state index contributed by atoms with van der Waals surface area (Å²) in [6, 6.07) is 5.93. The lowest BCUT2D eigenvalue weighted by Crippen LogP contribution is -2.00. The van der Waals surface area contributed by atoms with Crippen molar-refractivity contribution in [1.29, 1.82) is 0 Å². The van der Waals surface area contributed by atoms with Gasteiger partial charge in [-0.05, 0) is 31.0 Å². The van der Waals surface area contributed by atoms with Gasteiger partial charge in [0.15, 0.2) is 0 Å². The van der Waals surface area contributed by atoms with Gasteiger partial charge in [-0.1, -0.05) is 17.3 Å². The molecule has 0 saturated carbocycles. The molecule has 0 bridgehead atoms. The van der Waals surface area contributed by atoms with Crippen molar-refractivity contribution >= 4 is 5.88 Å². The van der Waals surface area contributed by atoms with Crippen molar-refractivity contribution in [2.75, 3.05) is 26.1 Å². The molecule has 2 aromatic rings. The van der Waals surface area contributed by atoms with E-state index in [1.54, 1.807) is 7.11 Å². The molecule has 0 aliphatic rings. The molecule has 0 saturated heterocycles. The zero-order chi connectivity index (χ0) is 14.5. The van der Waals surface area contributed by atoms with Crippen LogP contribution in [0.15, 0.2) is 22.7 Å². The normalized spacial score (nSPS) is 10.8. The average molecular weight is 276 g/mol. The minimum atomic E-state index is 0.322. The van der Waals surface area contributed by atoms with Crippen LogP contribution in [0.25, 0.3) is 11.1 Å². The number of methoxy groups -OCH3 is 1. The molecule has 1 heterocycles. The number of hydrogen-bond donors (Lipinski definition) is 1. The number of nitrogens with two attached hydrogens (primary N) is 1. The smallest absolute Gasteiger partial charge is 0.230 e. The maximum atomic E-state index is 5.90. The number of nitrogens with zero attached hydrogens (tertiary/aromatic N) is 1. The molecular formula is C15H20N2O3. The zero-order valence-corrected chi connectivity index (χ0v) is 12.1. The Kier molecular flexibility index (Phi) is 4.63. The zero-order valence-electron chi connectivity index (χ0n) is 12.1. The highest BCUT2D eigenvalue weighted by Gasteiger charge is 2.16. The molecule has 1 aromatic carbocycles. The molecule has 108 valence electrons. The third kappa shape index (κ3) is 2.93. The van der Waals surface area contributed by atoms with E-state index in [0.29, 0.717) is 25.5 Å². The Morgan fingerprint density at radius 2 is 2.15 bits per heavy atom. The Morgan fingerprint density at radius 1 is 1.35 bits per heavy atom. The summed E-state index contributed by atoms with van der Waals surface area (Å²) < 4.78 is 15.8. The van der Waals surface area contributed by atoms with Gasteiger partial charge < -0.3 is 19.7 Å². The van der Waals surface area contributed by atoms with Gasteiger partial charge in [-0.15, -0.1) is 0 Å². The van der Waals surface area contributed by atoms with Crippen LogP contribution in [0.1, 0.15) is 18.2 Å². The summed E-state index contributed by atoms with van der Waals surface area (Å²) in [6.45, 7) is 5.23. The molecule has 0 radical (unpaired) electrons. The average Bonchev–Trinajstić information content (AvgIpc) is 2.81. The number of aromatic nitrogens is 1. The van der Waals surface area contributed by atoms with Crippen LogP contribution in [0.5, 0.6) is 5.75 Å². The molecule has 0 unspecified atom stereocenters. The van der Waals surface area contributed by atoms with Crippen molar-refractivity contribution in [2.24, 2.45) is 0 Å². The summed E-state index contributed by atoms with van der Waals surface area (Å²) in [7, 11) is 1.65. The van der Waals surface area contributed by atoms with Crippen molar-refractivity contribution in [2.45, 2.75) is 20.3 Å². The summed E-state index contributed by atoms with van der Waals surface area (Å²) in [6.07, 6.45) is 0.667. The second kappa shape index (κ2) is 6.43. The maximum Gasteiger partial charge on any atom is 0.230 e. The van der Waals surface area contributed by atoms with Crippen molar-refractivity contribution in [3.05, 3.63) is 29.5 Å². The lowest BCUT2D eigenvalue weighted by atomic mass is 10.0. The van der Waals surface area contributed by atoms with E-state index >= 15 is 0 Å². The number of nitrogen functional groups attached to an aromatic ring is 1. The molecule has 0 aliphatic heterocycles. The Hall–Kier alpha value is -2.01. The SMILES string of the molecule is CCOCCc1noc(N)c1-c1ccc(C)c(OC)c1. The Morgan fingerprint density at radius 3 is 2.85 bits per heavy atom. The van der Waals surface area contributed by atoms with E-state index in [1.165, 1.54) is 0 Å². The van der Waals surface area contributed by atoms with Gasteiger partial charge >= 0.3 is 0 Å². The molecular weight excluding hydrogens is 256 g/mol. The summed E-state index contributed by atoms with van der Waals surface area (Å²) in [5.74, 6) is 1.14. The summed E-state index contributed by atoms with van der Waals surface area (Å²) in [5.41, 5.74) is 9.54. The molecule has 20 heavy (non-hydrogen) atoms. The van der Waals surface area contributed by atoms with Gasteiger partial charge in [0.25, 0.3) is 0 Å². The first-order chi connectivity index (χ1) is 9.67. The molecule has 2 rings (SSSR count). The molecule has 1 aromatic heterocycles. The fourth-order valence-corrected chi connectivity index (χ4v) is 2.11. The van der Waals surface area contributed by atoms with E-state index in [4.69, 9.17) is 19.7 Å². The number of anilines is 1. The van der Waals surface area contributed by atoms with Crippen LogP contribution in [0.2, 0.25) is 0 Å². The topological polar surface area (TPSA) is 70.5 Å². The quantitative estimate of drug-likeness (QED) is 0.821. The Balaban J connectivity index is 2.34. The van der Waals surface area contributed by atoms with Crippen molar-refractivity contribution < 1.29 is 14.0 Å². The molecule has 0 aliphatic carbocycles. The van der Waals surface area contributed by atoms with Crippen LogP contribution >= 0.6 is 0 Å². The van der Waals surface area contributed by atoms with E-state index in [0.717, 1.165) is 28.1 Å². The number of benzene rings is 1. The molecule has 0 spiro atoms. The second-order valence-electron chi connectivity index (χ2n) is 4.50. The van der Waals surface area contributed by atoms with Crippen LogP contribution in [0.4, 0.5) is 5.88 Å². The predicted molar refractivity (Wildman–Crippen MR) is 77.8 cm³/mol. The van der Waals surface area contributed by atoms with E-state index < -0.39 is 0 Å². The van der Waals surface area contributed by atoms with E-state index in [2.05, 4.69) is 5.16 Å². The van der Waals surface area contributed by atoms with Gasteiger partial charge in [-0.3, -0.25) is 0 Å². The fourth-order valence-electron chi connectivity index (χ4n) is 2.11. The third-order valence-electron chi connectivity index (χ3n) is 3.17. The van der Waals surface area contributed by atoms with E-state index in [1.807, 2.05) is 32.0 Å². The van der Waals surface area contributed by atoms with Gasteiger partial charge in [-0.2, -0.15) is 0 Å². The van der Waals surface area contributed by atoms with Gasteiger partial charge in [0.05, 0.1) is 25.0 Å². The minimum Gasteiger partial charge on any atom is -0.496 e. The summed E-state index contributed by atoms with van der Waals surface area (Å²) in [4.78, 5) is 0. The van der Waals surface area contributed by atoms with E-state index in [-0.39, 0.29) is 0 Å². The van der Waals surface area contributed by atoms with Gasteiger partial charge in [0, 0.05) is 13.0 Å². The molecule has 0 atom stereocenters. The first-order valence-electron chi connectivity index (χ1n) is 6.64. The van der Waals surface area contributed by atoms with Gasteiger partial charge in [-0.25, -0.2) is 0 Å². The Bertz CT molecular complexity index is 578. The highest BCUT2D eigenvalue weighted by atomic mass is 16.5. The second-order valence-corrected chi connectivity index (χ2v) is 4.50. The number of hydrogen-bond acceptors (Lipinski definition) is 5. The third-order valence-corrected chi connectivity index (χ3v) is 3.17. The van der Waals surface area contributed by atoms with Gasteiger partial charge in [0.2, 0.25) is 5.88 Å². The maximum absolute atomic E-state index is 5.90. The van der Waals surface area contributed by atoms with Crippen LogP contribution in [-0.4, -0.2) is 25.5 Å². The van der Waals surface area contributed by atoms with Crippen molar-refractivity contribution in [1.82, 2.24) is 5.16 Å².